The van der Waals surface area contributed by atoms with Crippen molar-refractivity contribution in [2.45, 2.75) is 18.9 Å². The Morgan fingerprint density at radius 2 is 2.05 bits per heavy atom. The second-order valence-corrected chi connectivity index (χ2v) is 6.38. The van der Waals surface area contributed by atoms with Gasteiger partial charge in [0.1, 0.15) is 22.0 Å². The molecular formula is C13H10N2O2S2. The monoisotopic (exact) mass is 290 g/mol. The minimum Gasteiger partial charge on any atom is -0.452 e. The van der Waals surface area contributed by atoms with Crippen molar-refractivity contribution in [1.82, 2.24) is 4.98 Å². The molecule has 4 nitrogen and oxygen atoms in total. The maximum Gasteiger partial charge on any atom is 0.208 e. The molecule has 0 fully saturated rings. The van der Waals surface area contributed by atoms with Crippen LogP contribution in [-0.4, -0.2) is 4.98 Å². The number of rotatable bonds is 1. The molecule has 4 heterocycles. The first-order chi connectivity index (χ1) is 9.17. The lowest BCUT2D eigenvalue weighted by atomic mass is 10.4. The van der Waals surface area contributed by atoms with E-state index in [0.29, 0.717) is 0 Å². The molecule has 96 valence electrons. The van der Waals surface area contributed by atoms with E-state index in [0.717, 1.165) is 42.8 Å². The van der Waals surface area contributed by atoms with E-state index in [1.165, 1.54) is 0 Å². The lowest BCUT2D eigenvalue weighted by Crippen LogP contribution is -1.87. The highest BCUT2D eigenvalue weighted by molar-refractivity contribution is 8.03. The van der Waals surface area contributed by atoms with Gasteiger partial charge in [-0.3, -0.25) is 0 Å². The molecule has 6 heteroatoms. The molecule has 0 saturated heterocycles. The number of thiazole rings is 1. The third-order valence-electron chi connectivity index (χ3n) is 2.77. The molecule has 0 saturated carbocycles. The van der Waals surface area contributed by atoms with Crippen molar-refractivity contribution in [3.63, 3.8) is 0 Å². The minimum atomic E-state index is 0.875. The van der Waals surface area contributed by atoms with Crippen LogP contribution in [0.5, 0.6) is 0 Å². The lowest BCUT2D eigenvalue weighted by molar-refractivity contribution is 0.452. The van der Waals surface area contributed by atoms with E-state index >= 15 is 0 Å². The molecule has 3 aromatic heterocycles. The third kappa shape index (κ3) is 1.87. The summed E-state index contributed by atoms with van der Waals surface area (Å²) in [5, 5.41) is 6.20. The third-order valence-corrected chi connectivity index (χ3v) is 4.59. The van der Waals surface area contributed by atoms with Gasteiger partial charge in [-0.25, -0.2) is 4.98 Å². The van der Waals surface area contributed by atoms with Crippen LogP contribution in [0.1, 0.15) is 16.5 Å². The zero-order valence-corrected chi connectivity index (χ0v) is 11.9. The van der Waals surface area contributed by atoms with Crippen LogP contribution in [0.4, 0.5) is 5.69 Å². The van der Waals surface area contributed by atoms with Crippen molar-refractivity contribution in [3.8, 4) is 0 Å². The van der Waals surface area contributed by atoms with Crippen LogP contribution in [0.15, 0.2) is 31.1 Å². The number of aryl methyl sites for hydroxylation is 2. The molecule has 0 bridgehead atoms. The summed E-state index contributed by atoms with van der Waals surface area (Å²) in [6, 6.07) is 3.96. The number of furan rings is 2. The molecule has 0 aromatic carbocycles. The molecule has 4 rings (SSSR count). The van der Waals surface area contributed by atoms with Crippen LogP contribution in [-0.2, 0) is 0 Å². The van der Waals surface area contributed by atoms with E-state index < -0.39 is 0 Å². The zero-order chi connectivity index (χ0) is 13.0. The largest absolute Gasteiger partial charge is 0.452 e. The van der Waals surface area contributed by atoms with Gasteiger partial charge in [0.2, 0.25) is 4.90 Å². The fourth-order valence-corrected chi connectivity index (χ4v) is 3.91. The number of aromatic nitrogens is 1. The molecular weight excluding hydrogens is 280 g/mol. The number of anilines is 1. The number of thioether (sulfide) groups is 1. The van der Waals surface area contributed by atoms with E-state index in [1.54, 1.807) is 23.1 Å². The summed E-state index contributed by atoms with van der Waals surface area (Å²) in [5.74, 6) is 1.82. The van der Waals surface area contributed by atoms with Gasteiger partial charge in [-0.15, -0.1) is 0 Å². The Balaban J connectivity index is 1.65. The standard InChI is InChI=1S/C13H10N2O2S2/c1-6-3-8-12(16-6)18-10(14-8)5-11-15-9-4-7(2)17-13(9)19-11/h3-5,14H,1-2H3/b10-5-. The smallest absolute Gasteiger partial charge is 0.208 e. The summed E-state index contributed by atoms with van der Waals surface area (Å²) in [7, 11) is 0. The molecule has 1 N–H and O–H groups in total. The molecule has 0 amide bonds. The van der Waals surface area contributed by atoms with Crippen molar-refractivity contribution < 1.29 is 8.83 Å². The Morgan fingerprint density at radius 1 is 1.21 bits per heavy atom. The second-order valence-electron chi connectivity index (χ2n) is 4.38. The summed E-state index contributed by atoms with van der Waals surface area (Å²) in [6.07, 6.45) is 2.02. The number of fused-ring (bicyclic) bond motifs is 2. The van der Waals surface area contributed by atoms with Gasteiger partial charge >= 0.3 is 0 Å². The maximum absolute atomic E-state index is 5.58. The molecule has 19 heavy (non-hydrogen) atoms. The molecule has 1 aliphatic rings. The second kappa shape index (κ2) is 3.91. The maximum atomic E-state index is 5.58. The Kier molecular flexibility index (Phi) is 2.31. The summed E-state index contributed by atoms with van der Waals surface area (Å²) in [4.78, 5) is 5.40. The van der Waals surface area contributed by atoms with Gasteiger partial charge in [0.15, 0.2) is 5.09 Å². The van der Waals surface area contributed by atoms with Crippen molar-refractivity contribution in [2.75, 3.05) is 5.32 Å². The summed E-state index contributed by atoms with van der Waals surface area (Å²) in [5.41, 5.74) is 1.95. The van der Waals surface area contributed by atoms with Gasteiger partial charge in [0.05, 0.1) is 10.7 Å². The Bertz CT molecular complexity index is 753. The average molecular weight is 290 g/mol. The van der Waals surface area contributed by atoms with E-state index in [9.17, 15) is 0 Å². The first-order valence-corrected chi connectivity index (χ1v) is 7.45. The Morgan fingerprint density at radius 3 is 2.84 bits per heavy atom. The van der Waals surface area contributed by atoms with Gasteiger partial charge in [-0.05, 0) is 25.6 Å². The highest BCUT2D eigenvalue weighted by Crippen LogP contribution is 2.43. The first kappa shape index (κ1) is 11.2. The predicted molar refractivity (Wildman–Crippen MR) is 77.5 cm³/mol. The molecule has 3 aromatic rings. The fraction of sp³-hybridized carbons (Fsp3) is 0.154. The van der Waals surface area contributed by atoms with Crippen LogP contribution in [0.2, 0.25) is 0 Å². The fourth-order valence-electron chi connectivity index (χ4n) is 2.02. The van der Waals surface area contributed by atoms with Crippen molar-refractivity contribution in [2.24, 2.45) is 0 Å². The van der Waals surface area contributed by atoms with Gasteiger partial charge < -0.3 is 14.2 Å². The minimum absolute atomic E-state index is 0.875. The van der Waals surface area contributed by atoms with Crippen LogP contribution in [0.3, 0.4) is 0 Å². The summed E-state index contributed by atoms with van der Waals surface area (Å²) >= 11 is 3.14. The SMILES string of the molecule is Cc1cc2c(o1)S/C(=C\c1nc3cc(C)oc3s1)N2. The average Bonchev–Trinajstić information content (AvgIpc) is 2.97. The summed E-state index contributed by atoms with van der Waals surface area (Å²) in [6.45, 7) is 3.88. The Labute approximate surface area is 117 Å². The van der Waals surface area contributed by atoms with Crippen LogP contribution in [0.25, 0.3) is 16.5 Å². The van der Waals surface area contributed by atoms with Gasteiger partial charge in [-0.1, -0.05) is 11.3 Å². The highest BCUT2D eigenvalue weighted by Gasteiger charge is 2.21. The lowest BCUT2D eigenvalue weighted by Gasteiger charge is -1.95. The van der Waals surface area contributed by atoms with Crippen molar-refractivity contribution in [3.05, 3.63) is 33.7 Å². The Hall–Kier alpha value is -1.66. The molecule has 0 aliphatic carbocycles. The molecule has 0 unspecified atom stereocenters. The molecule has 0 atom stereocenters. The van der Waals surface area contributed by atoms with E-state index in [4.69, 9.17) is 8.83 Å². The van der Waals surface area contributed by atoms with Crippen molar-refractivity contribution >= 4 is 45.3 Å². The number of nitrogens with zero attached hydrogens (tertiary/aromatic N) is 1. The molecule has 1 aliphatic heterocycles. The number of nitrogens with one attached hydrogen (secondary N) is 1. The quantitative estimate of drug-likeness (QED) is 0.709. The van der Waals surface area contributed by atoms with E-state index in [-0.39, 0.29) is 0 Å². The normalized spacial score (nSPS) is 16.2. The molecule has 0 radical (unpaired) electrons. The highest BCUT2D eigenvalue weighted by atomic mass is 32.2. The molecule has 0 spiro atoms. The van der Waals surface area contributed by atoms with Gasteiger partial charge in [0, 0.05) is 18.2 Å². The summed E-state index contributed by atoms with van der Waals surface area (Å²) < 4.78 is 11.1. The van der Waals surface area contributed by atoms with Crippen LogP contribution >= 0.6 is 23.1 Å². The van der Waals surface area contributed by atoms with Crippen LogP contribution in [0, 0.1) is 13.8 Å². The first-order valence-electron chi connectivity index (χ1n) is 5.81. The van der Waals surface area contributed by atoms with Gasteiger partial charge in [0.25, 0.3) is 0 Å². The zero-order valence-electron chi connectivity index (χ0n) is 10.3. The van der Waals surface area contributed by atoms with Gasteiger partial charge in [-0.2, -0.15) is 0 Å². The van der Waals surface area contributed by atoms with E-state index in [2.05, 4.69) is 10.3 Å². The topological polar surface area (TPSA) is 51.2 Å². The predicted octanol–water partition coefficient (Wildman–Crippen LogP) is 4.62. The number of hydrogen-bond donors (Lipinski definition) is 1. The van der Waals surface area contributed by atoms with Crippen LogP contribution < -0.4 is 5.32 Å². The van der Waals surface area contributed by atoms with Crippen molar-refractivity contribution in [1.29, 1.82) is 0 Å². The number of hydrogen-bond acceptors (Lipinski definition) is 6. The van der Waals surface area contributed by atoms with E-state index in [1.807, 2.05) is 32.1 Å².